The maximum Gasteiger partial charge on any atom is 0.416 e. The number of halogens is 3. The summed E-state index contributed by atoms with van der Waals surface area (Å²) in [7, 11) is 0. The Kier molecular flexibility index (Phi) is 5.81. The molecule has 0 atom stereocenters. The zero-order valence-corrected chi connectivity index (χ0v) is 14.2. The van der Waals surface area contributed by atoms with E-state index < -0.39 is 11.7 Å². The molecule has 27 heavy (non-hydrogen) atoms. The van der Waals surface area contributed by atoms with E-state index in [1.807, 2.05) is 12.1 Å². The van der Waals surface area contributed by atoms with Crippen LogP contribution in [0.4, 0.5) is 13.2 Å². The largest absolute Gasteiger partial charge is 0.490 e. The molecule has 0 N–H and O–H groups in total. The van der Waals surface area contributed by atoms with Crippen molar-refractivity contribution in [2.24, 2.45) is 0 Å². The van der Waals surface area contributed by atoms with E-state index in [1.54, 1.807) is 48.6 Å². The Morgan fingerprint density at radius 2 is 1.37 bits per heavy atom. The highest BCUT2D eigenvalue weighted by Gasteiger charge is 2.29. The molecule has 0 saturated carbocycles. The number of alkyl halides is 3. The van der Waals surface area contributed by atoms with Crippen molar-refractivity contribution in [3.8, 4) is 17.2 Å². The van der Waals surface area contributed by atoms with Crippen LogP contribution in [0.3, 0.4) is 0 Å². The summed E-state index contributed by atoms with van der Waals surface area (Å²) in [6.07, 6.45) is -0.863. The highest BCUT2D eigenvalue weighted by molar-refractivity contribution is 5.50. The lowest BCUT2D eigenvalue weighted by Crippen LogP contribution is -2.03. The third-order valence-electron chi connectivity index (χ3n) is 3.64. The van der Waals surface area contributed by atoms with Crippen molar-refractivity contribution < 1.29 is 22.6 Å². The summed E-state index contributed by atoms with van der Waals surface area (Å²) < 4.78 is 48.8. The Balaban J connectivity index is 1.49. The first-order valence-electron chi connectivity index (χ1n) is 8.21. The van der Waals surface area contributed by atoms with E-state index in [9.17, 15) is 13.2 Å². The molecule has 0 heterocycles. The average Bonchev–Trinajstić information content (AvgIpc) is 2.67. The minimum absolute atomic E-state index is 0.301. The molecule has 0 aromatic heterocycles. The van der Waals surface area contributed by atoms with Crippen LogP contribution in [0.1, 0.15) is 11.1 Å². The van der Waals surface area contributed by atoms with Crippen LogP contribution in [0.2, 0.25) is 0 Å². The van der Waals surface area contributed by atoms with Gasteiger partial charge in [-0.2, -0.15) is 13.2 Å². The molecule has 0 bridgehead atoms. The van der Waals surface area contributed by atoms with Gasteiger partial charge in [-0.3, -0.25) is 0 Å². The van der Waals surface area contributed by atoms with Gasteiger partial charge in [-0.1, -0.05) is 30.3 Å². The van der Waals surface area contributed by atoms with Crippen molar-refractivity contribution in [3.05, 3.63) is 96.1 Å². The van der Waals surface area contributed by atoms with Gasteiger partial charge in [-0.05, 0) is 66.2 Å². The molecule has 3 aromatic carbocycles. The van der Waals surface area contributed by atoms with E-state index in [0.717, 1.165) is 17.9 Å². The van der Waals surface area contributed by atoms with Crippen LogP contribution in [0.5, 0.6) is 17.2 Å². The van der Waals surface area contributed by atoms with Gasteiger partial charge in [-0.15, -0.1) is 0 Å². The maximum absolute atomic E-state index is 12.5. The molecule has 0 spiro atoms. The quantitative estimate of drug-likeness (QED) is 0.501. The van der Waals surface area contributed by atoms with Crippen molar-refractivity contribution in [2.75, 3.05) is 6.61 Å². The second kappa shape index (κ2) is 8.45. The second-order valence-electron chi connectivity index (χ2n) is 5.64. The van der Waals surface area contributed by atoms with Crippen LogP contribution in [0.25, 0.3) is 6.08 Å². The molecule has 0 aliphatic rings. The molecule has 0 aliphatic heterocycles. The Hall–Kier alpha value is -3.21. The minimum atomic E-state index is -4.32. The van der Waals surface area contributed by atoms with Gasteiger partial charge in [0, 0.05) is 0 Å². The predicted octanol–water partition coefficient (Wildman–Crippen LogP) is 6.39. The molecule has 3 rings (SSSR count). The van der Waals surface area contributed by atoms with Gasteiger partial charge in [0.25, 0.3) is 0 Å². The van der Waals surface area contributed by atoms with Gasteiger partial charge >= 0.3 is 6.18 Å². The van der Waals surface area contributed by atoms with Crippen LogP contribution in [0.15, 0.2) is 78.9 Å². The fourth-order valence-corrected chi connectivity index (χ4v) is 2.29. The maximum atomic E-state index is 12.5. The molecule has 0 aliphatic carbocycles. The lowest BCUT2D eigenvalue weighted by molar-refractivity contribution is -0.137. The third-order valence-corrected chi connectivity index (χ3v) is 3.64. The molecule has 0 amide bonds. The van der Waals surface area contributed by atoms with Crippen molar-refractivity contribution in [2.45, 2.75) is 6.18 Å². The van der Waals surface area contributed by atoms with Crippen LogP contribution in [-0.2, 0) is 6.18 Å². The van der Waals surface area contributed by atoms with Crippen molar-refractivity contribution in [3.63, 3.8) is 0 Å². The third kappa shape index (κ3) is 5.64. The zero-order valence-electron chi connectivity index (χ0n) is 14.2. The summed E-state index contributed by atoms with van der Waals surface area (Å²) in [6.45, 7) is 0.301. The molecule has 3 aromatic rings. The number of rotatable bonds is 6. The zero-order chi connectivity index (χ0) is 19.1. The highest BCUT2D eigenvalue weighted by Crippen LogP contribution is 2.29. The smallest absolute Gasteiger partial charge is 0.416 e. The summed E-state index contributed by atoms with van der Waals surface area (Å²) in [5.74, 6) is 2.08. The van der Waals surface area contributed by atoms with Crippen LogP contribution in [-0.4, -0.2) is 6.61 Å². The monoisotopic (exact) mass is 369 g/mol. The predicted molar refractivity (Wildman–Crippen MR) is 97.8 cm³/mol. The van der Waals surface area contributed by atoms with Gasteiger partial charge in [0.2, 0.25) is 0 Å². The summed E-state index contributed by atoms with van der Waals surface area (Å²) in [4.78, 5) is 0. The molecule has 2 nitrogen and oxygen atoms in total. The van der Waals surface area contributed by atoms with E-state index in [-0.39, 0.29) is 0 Å². The first kappa shape index (κ1) is 18.6. The lowest BCUT2D eigenvalue weighted by Gasteiger charge is -2.07. The van der Waals surface area contributed by atoms with Gasteiger partial charge in [-0.25, -0.2) is 0 Å². The molecule has 0 saturated heterocycles. The lowest BCUT2D eigenvalue weighted by atomic mass is 10.1. The highest BCUT2D eigenvalue weighted by atomic mass is 19.4. The average molecular weight is 369 g/mol. The SMILES string of the molecule is FC(F)(F)c1ccc(/C=C/COc2ccc(Oc3cc[c]cc3)cc2)cc1. The van der Waals surface area contributed by atoms with Crippen LogP contribution >= 0.6 is 0 Å². The van der Waals surface area contributed by atoms with Crippen molar-refractivity contribution in [1.29, 1.82) is 0 Å². The topological polar surface area (TPSA) is 18.5 Å². The summed E-state index contributed by atoms with van der Waals surface area (Å²) >= 11 is 0. The Morgan fingerprint density at radius 1 is 0.778 bits per heavy atom. The van der Waals surface area contributed by atoms with Crippen LogP contribution < -0.4 is 9.47 Å². The van der Waals surface area contributed by atoms with Gasteiger partial charge in [0.15, 0.2) is 0 Å². The summed E-state index contributed by atoms with van der Waals surface area (Å²) in [5, 5.41) is 0. The first-order chi connectivity index (χ1) is 13.0. The number of ether oxygens (including phenoxy) is 2. The standard InChI is InChI=1S/C22H16F3O2/c23-22(24,25)18-10-8-17(9-11-18)5-4-16-26-19-12-14-21(15-13-19)27-20-6-2-1-3-7-20/h2-15H,16H2/b5-4+. The molecular weight excluding hydrogens is 353 g/mol. The summed E-state index contributed by atoms with van der Waals surface area (Å²) in [6, 6.07) is 22.2. The number of hydrogen-bond acceptors (Lipinski definition) is 2. The number of benzene rings is 3. The van der Waals surface area contributed by atoms with Crippen LogP contribution in [0, 0.1) is 6.07 Å². The Bertz CT molecular complexity index is 868. The second-order valence-corrected chi connectivity index (χ2v) is 5.64. The van der Waals surface area contributed by atoms with Gasteiger partial charge in [0.05, 0.1) is 5.56 Å². The molecule has 137 valence electrons. The van der Waals surface area contributed by atoms with E-state index in [1.165, 1.54) is 12.1 Å². The van der Waals surface area contributed by atoms with E-state index in [2.05, 4.69) is 6.07 Å². The summed E-state index contributed by atoms with van der Waals surface area (Å²) in [5.41, 5.74) is 0.0160. The van der Waals surface area contributed by atoms with Gasteiger partial charge in [0.1, 0.15) is 23.9 Å². The Labute approximate surface area is 155 Å². The van der Waals surface area contributed by atoms with E-state index in [4.69, 9.17) is 9.47 Å². The minimum Gasteiger partial charge on any atom is -0.490 e. The van der Waals surface area contributed by atoms with E-state index >= 15 is 0 Å². The molecule has 1 radical (unpaired) electrons. The first-order valence-corrected chi connectivity index (χ1v) is 8.21. The Morgan fingerprint density at radius 3 is 2.00 bits per heavy atom. The fourth-order valence-electron chi connectivity index (χ4n) is 2.29. The van der Waals surface area contributed by atoms with Crippen molar-refractivity contribution in [1.82, 2.24) is 0 Å². The normalized spacial score (nSPS) is 11.5. The van der Waals surface area contributed by atoms with Crippen molar-refractivity contribution >= 4 is 6.08 Å². The molecule has 0 fully saturated rings. The fraction of sp³-hybridized carbons (Fsp3) is 0.0909. The van der Waals surface area contributed by atoms with E-state index in [0.29, 0.717) is 23.7 Å². The molecule has 0 unspecified atom stereocenters. The van der Waals surface area contributed by atoms with Gasteiger partial charge < -0.3 is 9.47 Å². The number of hydrogen-bond donors (Lipinski definition) is 0. The molecule has 5 heteroatoms. The molecular formula is C22H16F3O2.